The average Bonchev–Trinajstić information content (AvgIpc) is 2.70. The van der Waals surface area contributed by atoms with Gasteiger partial charge < -0.3 is 16.2 Å². The number of β-amino-alcohol motifs (C(OH)–C–C–N with tert-alkyl or cyclic N) is 1. The van der Waals surface area contributed by atoms with Crippen molar-refractivity contribution < 1.29 is 9.90 Å². The van der Waals surface area contributed by atoms with Gasteiger partial charge in [-0.25, -0.2) is 0 Å². The van der Waals surface area contributed by atoms with Crippen LogP contribution in [0.2, 0.25) is 0 Å². The minimum Gasteiger partial charge on any atom is -0.396 e. The first-order chi connectivity index (χ1) is 8.56. The molecule has 0 bridgehead atoms. The van der Waals surface area contributed by atoms with Crippen LogP contribution in [0, 0.1) is 0 Å². The summed E-state index contributed by atoms with van der Waals surface area (Å²) in [5, 5.41) is 16.8. The fourth-order valence-electron chi connectivity index (χ4n) is 2.10. The zero-order valence-electron chi connectivity index (χ0n) is 10.4. The summed E-state index contributed by atoms with van der Waals surface area (Å²) in [4.78, 5) is 13.4. The van der Waals surface area contributed by atoms with Crippen LogP contribution in [-0.2, 0) is 11.3 Å². The SMILES string of the molecule is CC1C(=O)NCCN1CC(O)Cn1cc(N)cn1. The van der Waals surface area contributed by atoms with Crippen molar-refractivity contribution in [2.24, 2.45) is 0 Å². The molecule has 2 unspecified atom stereocenters. The van der Waals surface area contributed by atoms with Gasteiger partial charge in [0.1, 0.15) is 0 Å². The van der Waals surface area contributed by atoms with Crippen LogP contribution in [0.3, 0.4) is 0 Å². The lowest BCUT2D eigenvalue weighted by Gasteiger charge is -2.33. The van der Waals surface area contributed by atoms with Gasteiger partial charge in [0.15, 0.2) is 0 Å². The van der Waals surface area contributed by atoms with Crippen LogP contribution < -0.4 is 11.1 Å². The highest BCUT2D eigenvalue weighted by molar-refractivity contribution is 5.81. The fraction of sp³-hybridized carbons (Fsp3) is 0.636. The predicted molar refractivity (Wildman–Crippen MR) is 66.7 cm³/mol. The second kappa shape index (κ2) is 5.36. The van der Waals surface area contributed by atoms with E-state index in [1.807, 2.05) is 11.8 Å². The molecule has 0 aliphatic carbocycles. The number of aromatic nitrogens is 2. The Morgan fingerprint density at radius 2 is 2.44 bits per heavy atom. The maximum Gasteiger partial charge on any atom is 0.237 e. The molecular weight excluding hydrogens is 234 g/mol. The Morgan fingerprint density at radius 3 is 3.11 bits per heavy atom. The van der Waals surface area contributed by atoms with Crippen LogP contribution in [-0.4, -0.2) is 57.5 Å². The van der Waals surface area contributed by atoms with E-state index in [2.05, 4.69) is 10.4 Å². The van der Waals surface area contributed by atoms with Crippen molar-refractivity contribution in [1.82, 2.24) is 20.0 Å². The fourth-order valence-corrected chi connectivity index (χ4v) is 2.10. The number of aliphatic hydroxyl groups excluding tert-OH is 1. The van der Waals surface area contributed by atoms with Crippen LogP contribution in [0.15, 0.2) is 12.4 Å². The minimum atomic E-state index is -0.572. The highest BCUT2D eigenvalue weighted by Crippen LogP contribution is 2.06. The van der Waals surface area contributed by atoms with Gasteiger partial charge in [0.25, 0.3) is 0 Å². The summed E-state index contributed by atoms with van der Waals surface area (Å²) in [5.74, 6) is 0.0109. The van der Waals surface area contributed by atoms with E-state index in [-0.39, 0.29) is 11.9 Å². The third-order valence-electron chi connectivity index (χ3n) is 3.12. The molecule has 2 atom stereocenters. The summed E-state index contributed by atoms with van der Waals surface area (Å²) in [6.07, 6.45) is 2.65. The van der Waals surface area contributed by atoms with Crippen LogP contribution in [0.4, 0.5) is 5.69 Å². The summed E-state index contributed by atoms with van der Waals surface area (Å²) in [6, 6.07) is -0.198. The standard InChI is InChI=1S/C11H19N5O2/c1-8-11(18)13-2-3-15(8)6-10(17)7-16-5-9(12)4-14-16/h4-5,8,10,17H,2-3,6-7,12H2,1H3,(H,13,18). The molecule has 0 spiro atoms. The Labute approximate surface area is 106 Å². The molecule has 2 rings (SSSR count). The topological polar surface area (TPSA) is 96.4 Å². The molecule has 18 heavy (non-hydrogen) atoms. The van der Waals surface area contributed by atoms with Crippen molar-refractivity contribution in [2.45, 2.75) is 25.6 Å². The summed E-state index contributed by atoms with van der Waals surface area (Å²) < 4.78 is 1.61. The van der Waals surface area contributed by atoms with E-state index < -0.39 is 6.10 Å². The van der Waals surface area contributed by atoms with Gasteiger partial charge in [0.2, 0.25) is 5.91 Å². The molecule has 0 aromatic carbocycles. The molecular formula is C11H19N5O2. The van der Waals surface area contributed by atoms with Crippen molar-refractivity contribution in [1.29, 1.82) is 0 Å². The van der Waals surface area contributed by atoms with Gasteiger partial charge in [-0.15, -0.1) is 0 Å². The Hall–Kier alpha value is -1.60. The van der Waals surface area contributed by atoms with Gasteiger partial charge in [0.05, 0.1) is 30.6 Å². The molecule has 1 aromatic rings. The number of nitrogens with two attached hydrogens (primary N) is 1. The molecule has 1 aromatic heterocycles. The summed E-state index contributed by atoms with van der Waals surface area (Å²) in [7, 11) is 0. The lowest BCUT2D eigenvalue weighted by atomic mass is 10.2. The van der Waals surface area contributed by atoms with Crippen molar-refractivity contribution in [3.8, 4) is 0 Å². The van der Waals surface area contributed by atoms with E-state index in [0.29, 0.717) is 25.3 Å². The molecule has 1 fully saturated rings. The van der Waals surface area contributed by atoms with Gasteiger partial charge in [-0.3, -0.25) is 14.4 Å². The molecule has 2 heterocycles. The second-order valence-corrected chi connectivity index (χ2v) is 4.61. The molecule has 1 aliphatic rings. The van der Waals surface area contributed by atoms with E-state index in [4.69, 9.17) is 5.73 Å². The minimum absolute atomic E-state index is 0.0109. The maximum atomic E-state index is 11.5. The normalized spacial score (nSPS) is 22.8. The monoisotopic (exact) mass is 253 g/mol. The van der Waals surface area contributed by atoms with Gasteiger partial charge in [-0.1, -0.05) is 0 Å². The lowest BCUT2D eigenvalue weighted by molar-refractivity contribution is -0.128. The Balaban J connectivity index is 1.86. The predicted octanol–water partition coefficient (Wildman–Crippen LogP) is -1.35. The molecule has 1 aliphatic heterocycles. The lowest BCUT2D eigenvalue weighted by Crippen LogP contribution is -2.55. The highest BCUT2D eigenvalue weighted by atomic mass is 16.3. The summed E-state index contributed by atoms with van der Waals surface area (Å²) in [5.41, 5.74) is 6.13. The van der Waals surface area contributed by atoms with Crippen molar-refractivity contribution in [3.05, 3.63) is 12.4 Å². The first-order valence-corrected chi connectivity index (χ1v) is 6.04. The number of hydrogen-bond donors (Lipinski definition) is 3. The molecule has 100 valence electrons. The van der Waals surface area contributed by atoms with Crippen molar-refractivity contribution in [3.63, 3.8) is 0 Å². The molecule has 1 amide bonds. The Kier molecular flexibility index (Phi) is 3.83. The second-order valence-electron chi connectivity index (χ2n) is 4.61. The van der Waals surface area contributed by atoms with E-state index in [9.17, 15) is 9.90 Å². The first kappa shape index (κ1) is 12.8. The highest BCUT2D eigenvalue weighted by Gasteiger charge is 2.26. The number of carbonyl (C=O) groups is 1. The van der Waals surface area contributed by atoms with Crippen molar-refractivity contribution >= 4 is 11.6 Å². The van der Waals surface area contributed by atoms with Crippen LogP contribution in [0.1, 0.15) is 6.92 Å². The van der Waals surface area contributed by atoms with E-state index in [1.54, 1.807) is 17.1 Å². The van der Waals surface area contributed by atoms with Crippen molar-refractivity contribution in [2.75, 3.05) is 25.4 Å². The summed E-state index contributed by atoms with van der Waals surface area (Å²) in [6.45, 7) is 4.05. The van der Waals surface area contributed by atoms with Crippen LogP contribution >= 0.6 is 0 Å². The Morgan fingerprint density at radius 1 is 1.67 bits per heavy atom. The number of rotatable bonds is 4. The molecule has 0 radical (unpaired) electrons. The zero-order chi connectivity index (χ0) is 13.1. The first-order valence-electron chi connectivity index (χ1n) is 6.04. The van der Waals surface area contributed by atoms with E-state index in [1.165, 1.54) is 0 Å². The molecule has 7 nitrogen and oxygen atoms in total. The number of nitrogens with one attached hydrogen (secondary N) is 1. The number of anilines is 1. The number of carbonyl (C=O) groups excluding carboxylic acids is 1. The van der Waals surface area contributed by atoms with Gasteiger partial charge in [-0.2, -0.15) is 5.10 Å². The van der Waals surface area contributed by atoms with Gasteiger partial charge in [0, 0.05) is 25.8 Å². The van der Waals surface area contributed by atoms with E-state index in [0.717, 1.165) is 6.54 Å². The third kappa shape index (κ3) is 2.99. The largest absolute Gasteiger partial charge is 0.396 e. The van der Waals surface area contributed by atoms with Crippen LogP contribution in [0.25, 0.3) is 0 Å². The number of hydrogen-bond acceptors (Lipinski definition) is 5. The Bertz CT molecular complexity index is 419. The smallest absolute Gasteiger partial charge is 0.237 e. The molecule has 0 saturated carbocycles. The quantitative estimate of drug-likeness (QED) is 0.616. The molecule has 1 saturated heterocycles. The third-order valence-corrected chi connectivity index (χ3v) is 3.12. The van der Waals surface area contributed by atoms with Crippen LogP contribution in [0.5, 0.6) is 0 Å². The van der Waals surface area contributed by atoms with E-state index >= 15 is 0 Å². The number of nitrogens with zero attached hydrogens (tertiary/aromatic N) is 3. The van der Waals surface area contributed by atoms with Gasteiger partial charge in [-0.05, 0) is 6.92 Å². The number of piperazine rings is 1. The molecule has 7 heteroatoms. The average molecular weight is 253 g/mol. The number of nitrogen functional groups attached to an aromatic ring is 1. The molecule has 4 N–H and O–H groups in total. The maximum absolute atomic E-state index is 11.5. The number of amides is 1. The number of aliphatic hydroxyl groups is 1. The summed E-state index contributed by atoms with van der Waals surface area (Å²) >= 11 is 0. The van der Waals surface area contributed by atoms with Gasteiger partial charge >= 0.3 is 0 Å². The zero-order valence-corrected chi connectivity index (χ0v) is 10.4.